The van der Waals surface area contributed by atoms with Gasteiger partial charge in [0.1, 0.15) is 5.41 Å². The zero-order valence-corrected chi connectivity index (χ0v) is 17.2. The highest BCUT2D eigenvalue weighted by Gasteiger charge is 2.45. The predicted molar refractivity (Wildman–Crippen MR) is 110 cm³/mol. The topological polar surface area (TPSA) is 84.7 Å². The molecule has 0 unspecified atom stereocenters. The number of benzene rings is 1. The number of fused-ring (bicyclic) bond motifs is 1. The van der Waals surface area contributed by atoms with Gasteiger partial charge in [0.25, 0.3) is 0 Å². The summed E-state index contributed by atoms with van der Waals surface area (Å²) in [7, 11) is 1.67. The first kappa shape index (κ1) is 20.5. The van der Waals surface area contributed by atoms with Gasteiger partial charge in [-0.3, -0.25) is 19.4 Å². The highest BCUT2D eigenvalue weighted by molar-refractivity contribution is 6.19. The average molecular weight is 393 g/mol. The predicted octanol–water partition coefficient (Wildman–Crippen LogP) is 2.31. The van der Waals surface area contributed by atoms with E-state index in [0.29, 0.717) is 17.9 Å². The number of anilines is 2. The van der Waals surface area contributed by atoms with Crippen LogP contribution < -0.4 is 15.1 Å². The highest BCUT2D eigenvalue weighted by atomic mass is 16.2. The standard InChI is InChI=1S/C22H25N4O3/c1-5-26-17-9-8-16(14-24-19(27)12-15-7-6-10-23-13-15)11-18(17)25(4)20(28)22(2,3)21(26)29/h6-11,13H,5,12,14H2,1-4H3. The first-order valence-electron chi connectivity index (χ1n) is 9.58. The fourth-order valence-electron chi connectivity index (χ4n) is 3.46. The normalized spacial score (nSPS) is 15.7. The van der Waals surface area contributed by atoms with Crippen LogP contribution in [0.25, 0.3) is 0 Å². The first-order chi connectivity index (χ1) is 13.8. The molecule has 3 rings (SSSR count). The number of hydrogen-bond acceptors (Lipinski definition) is 4. The fourth-order valence-corrected chi connectivity index (χ4v) is 3.46. The van der Waals surface area contributed by atoms with Crippen molar-refractivity contribution in [3.05, 3.63) is 53.9 Å². The first-order valence-corrected chi connectivity index (χ1v) is 9.58. The van der Waals surface area contributed by atoms with Crippen molar-refractivity contribution in [2.75, 3.05) is 23.4 Å². The molecule has 29 heavy (non-hydrogen) atoms. The van der Waals surface area contributed by atoms with Crippen molar-refractivity contribution in [1.82, 2.24) is 10.3 Å². The van der Waals surface area contributed by atoms with E-state index >= 15 is 0 Å². The van der Waals surface area contributed by atoms with Crippen LogP contribution in [0, 0.1) is 5.41 Å². The average Bonchev–Trinajstić information content (AvgIpc) is 2.76. The Balaban J connectivity index is 1.81. The van der Waals surface area contributed by atoms with Gasteiger partial charge in [0.15, 0.2) is 0 Å². The Labute approximate surface area is 170 Å². The van der Waals surface area contributed by atoms with Gasteiger partial charge in [-0.25, -0.2) is 5.32 Å². The summed E-state index contributed by atoms with van der Waals surface area (Å²) in [5.74, 6) is -0.718. The zero-order chi connectivity index (χ0) is 21.2. The van der Waals surface area contributed by atoms with Gasteiger partial charge < -0.3 is 9.80 Å². The van der Waals surface area contributed by atoms with E-state index in [-0.39, 0.29) is 30.7 Å². The van der Waals surface area contributed by atoms with Crippen molar-refractivity contribution in [2.24, 2.45) is 5.41 Å². The lowest BCUT2D eigenvalue weighted by atomic mass is 9.90. The summed E-state index contributed by atoms with van der Waals surface area (Å²) >= 11 is 0. The second kappa shape index (κ2) is 8.03. The van der Waals surface area contributed by atoms with Gasteiger partial charge in [-0.2, -0.15) is 0 Å². The SMILES string of the molecule is CCN1C(=O)C(C)(C)C(=O)N(C)c2cc(C[N]C(=O)Cc3cccnc3)ccc21. The Morgan fingerprint density at radius 3 is 2.52 bits per heavy atom. The summed E-state index contributed by atoms with van der Waals surface area (Å²) in [4.78, 5) is 45.1. The molecule has 2 heterocycles. The fraction of sp³-hybridized carbons (Fsp3) is 0.364. The summed E-state index contributed by atoms with van der Waals surface area (Å²) < 4.78 is 0. The van der Waals surface area contributed by atoms with Crippen molar-refractivity contribution in [3.8, 4) is 0 Å². The summed E-state index contributed by atoms with van der Waals surface area (Å²) in [5.41, 5.74) is 1.79. The van der Waals surface area contributed by atoms with Crippen molar-refractivity contribution in [2.45, 2.75) is 33.7 Å². The van der Waals surface area contributed by atoms with Crippen LogP contribution in [0.1, 0.15) is 31.9 Å². The van der Waals surface area contributed by atoms with Crippen LogP contribution in [0.4, 0.5) is 11.4 Å². The van der Waals surface area contributed by atoms with Gasteiger partial charge in [0, 0.05) is 26.0 Å². The van der Waals surface area contributed by atoms with Gasteiger partial charge in [-0.05, 0) is 50.1 Å². The van der Waals surface area contributed by atoms with E-state index in [1.165, 1.54) is 4.90 Å². The molecule has 1 aromatic heterocycles. The lowest BCUT2D eigenvalue weighted by molar-refractivity contribution is -0.137. The number of nitrogens with zero attached hydrogens (tertiary/aromatic N) is 4. The Kier molecular flexibility index (Phi) is 5.68. The van der Waals surface area contributed by atoms with Crippen molar-refractivity contribution < 1.29 is 14.4 Å². The maximum absolute atomic E-state index is 12.9. The molecule has 0 bridgehead atoms. The number of carbonyl (C=O) groups is 3. The van der Waals surface area contributed by atoms with E-state index < -0.39 is 5.41 Å². The molecule has 0 saturated carbocycles. The van der Waals surface area contributed by atoms with E-state index in [0.717, 1.165) is 11.1 Å². The van der Waals surface area contributed by atoms with Crippen molar-refractivity contribution in [1.29, 1.82) is 0 Å². The highest BCUT2D eigenvalue weighted by Crippen LogP contribution is 2.38. The van der Waals surface area contributed by atoms with Crippen LogP contribution in [-0.4, -0.2) is 36.3 Å². The van der Waals surface area contributed by atoms with Gasteiger partial charge in [-0.15, -0.1) is 0 Å². The van der Waals surface area contributed by atoms with Crippen LogP contribution in [0.5, 0.6) is 0 Å². The molecule has 3 amide bonds. The molecule has 2 aromatic rings. The van der Waals surface area contributed by atoms with Crippen LogP contribution in [0.15, 0.2) is 42.7 Å². The zero-order valence-electron chi connectivity index (χ0n) is 17.2. The Morgan fingerprint density at radius 1 is 1.10 bits per heavy atom. The summed E-state index contributed by atoms with van der Waals surface area (Å²) in [6, 6.07) is 9.10. The number of carbonyl (C=O) groups excluding carboxylic acids is 3. The maximum Gasteiger partial charge on any atom is 0.245 e. The molecule has 0 saturated heterocycles. The minimum atomic E-state index is -1.14. The maximum atomic E-state index is 12.9. The van der Waals surface area contributed by atoms with Crippen LogP contribution in [0.2, 0.25) is 0 Å². The molecule has 0 atom stereocenters. The third-order valence-corrected chi connectivity index (χ3v) is 5.14. The minimum Gasteiger partial charge on any atom is -0.313 e. The Bertz CT molecular complexity index is 940. The van der Waals surface area contributed by atoms with Gasteiger partial charge in [0.05, 0.1) is 24.3 Å². The molecule has 151 valence electrons. The molecule has 0 spiro atoms. The van der Waals surface area contributed by atoms with Crippen LogP contribution >= 0.6 is 0 Å². The number of pyridine rings is 1. The summed E-state index contributed by atoms with van der Waals surface area (Å²) in [6.07, 6.45) is 3.50. The van der Waals surface area contributed by atoms with E-state index in [1.807, 2.05) is 31.2 Å². The third-order valence-electron chi connectivity index (χ3n) is 5.14. The summed E-state index contributed by atoms with van der Waals surface area (Å²) in [6.45, 7) is 5.85. The van der Waals surface area contributed by atoms with Crippen molar-refractivity contribution >= 4 is 29.1 Å². The molecule has 1 aliphatic rings. The molecular formula is C22H25N4O3. The number of hydrogen-bond donors (Lipinski definition) is 0. The quantitative estimate of drug-likeness (QED) is 0.730. The monoisotopic (exact) mass is 393 g/mol. The number of amides is 3. The van der Waals surface area contributed by atoms with Crippen molar-refractivity contribution in [3.63, 3.8) is 0 Å². The lowest BCUT2D eigenvalue weighted by Gasteiger charge is -2.27. The second-order valence-corrected chi connectivity index (χ2v) is 7.61. The number of rotatable bonds is 5. The largest absolute Gasteiger partial charge is 0.313 e. The van der Waals surface area contributed by atoms with E-state index in [2.05, 4.69) is 10.3 Å². The second-order valence-electron chi connectivity index (χ2n) is 7.61. The molecule has 1 radical (unpaired) electrons. The third kappa shape index (κ3) is 3.99. The Hall–Kier alpha value is -3.22. The molecule has 0 aliphatic carbocycles. The van der Waals surface area contributed by atoms with E-state index in [9.17, 15) is 14.4 Å². The van der Waals surface area contributed by atoms with Crippen LogP contribution in [-0.2, 0) is 27.3 Å². The number of aromatic nitrogens is 1. The Morgan fingerprint density at radius 2 is 1.86 bits per heavy atom. The molecular weight excluding hydrogens is 368 g/mol. The molecule has 1 aromatic carbocycles. The van der Waals surface area contributed by atoms with E-state index in [4.69, 9.17) is 0 Å². The van der Waals surface area contributed by atoms with Crippen LogP contribution in [0.3, 0.4) is 0 Å². The van der Waals surface area contributed by atoms with Gasteiger partial charge >= 0.3 is 0 Å². The minimum absolute atomic E-state index is 0.198. The molecule has 7 heteroatoms. The molecule has 1 aliphatic heterocycles. The molecule has 7 nitrogen and oxygen atoms in total. The van der Waals surface area contributed by atoms with E-state index in [1.54, 1.807) is 44.3 Å². The lowest BCUT2D eigenvalue weighted by Crippen LogP contribution is -2.47. The molecule has 0 N–H and O–H groups in total. The van der Waals surface area contributed by atoms with Gasteiger partial charge in [0.2, 0.25) is 17.7 Å². The molecule has 0 fully saturated rings. The smallest absolute Gasteiger partial charge is 0.245 e. The van der Waals surface area contributed by atoms with Gasteiger partial charge in [-0.1, -0.05) is 12.1 Å². The summed E-state index contributed by atoms with van der Waals surface area (Å²) in [5, 5.41) is 4.14.